The molecule has 0 bridgehead atoms. The highest BCUT2D eigenvalue weighted by Crippen LogP contribution is 2.32. The van der Waals surface area contributed by atoms with Crippen molar-refractivity contribution in [3.05, 3.63) is 34.7 Å². The van der Waals surface area contributed by atoms with Crippen molar-refractivity contribution in [1.29, 1.82) is 0 Å². The normalized spacial score (nSPS) is 16.7. The van der Waals surface area contributed by atoms with E-state index in [1.54, 1.807) is 19.2 Å². The molecule has 23 heavy (non-hydrogen) atoms. The molecule has 1 atom stereocenters. The Morgan fingerprint density at radius 1 is 1.52 bits per heavy atom. The maximum atomic E-state index is 12.1. The number of nitrogens with one attached hydrogen (secondary N) is 1. The van der Waals surface area contributed by atoms with Gasteiger partial charge in [-0.25, -0.2) is 4.98 Å². The second-order valence-electron chi connectivity index (χ2n) is 5.92. The maximum absolute atomic E-state index is 12.1. The fourth-order valence-electron chi connectivity index (χ4n) is 2.63. The predicted octanol–water partition coefficient (Wildman–Crippen LogP) is 2.57. The summed E-state index contributed by atoms with van der Waals surface area (Å²) in [5, 5.41) is 3.41. The SMILES string of the molecule is C[C@H]1CCc2nc(NC(=O)CN(C)C(=O)c3ccco3)sc2C1. The Labute approximate surface area is 138 Å². The summed E-state index contributed by atoms with van der Waals surface area (Å²) in [5.41, 5.74) is 1.10. The molecule has 0 unspecified atom stereocenters. The molecule has 1 N–H and O–H groups in total. The highest BCUT2D eigenvalue weighted by atomic mass is 32.1. The molecule has 6 nitrogen and oxygen atoms in total. The highest BCUT2D eigenvalue weighted by Gasteiger charge is 2.21. The first kappa shape index (κ1) is 15.7. The molecule has 1 aliphatic rings. The Hall–Kier alpha value is -2.15. The molecule has 2 amide bonds. The minimum atomic E-state index is -0.322. The van der Waals surface area contributed by atoms with Gasteiger partial charge in [0.15, 0.2) is 10.9 Å². The number of anilines is 1. The third kappa shape index (κ3) is 3.61. The largest absolute Gasteiger partial charge is 0.459 e. The van der Waals surface area contributed by atoms with Crippen LogP contribution in [-0.4, -0.2) is 35.3 Å². The third-order valence-corrected chi connectivity index (χ3v) is 4.93. The summed E-state index contributed by atoms with van der Waals surface area (Å²) < 4.78 is 5.05. The zero-order valence-electron chi connectivity index (χ0n) is 13.2. The van der Waals surface area contributed by atoms with E-state index in [4.69, 9.17) is 4.42 Å². The van der Waals surface area contributed by atoms with Gasteiger partial charge in [0.05, 0.1) is 12.0 Å². The summed E-state index contributed by atoms with van der Waals surface area (Å²) in [4.78, 5) is 31.2. The van der Waals surface area contributed by atoms with Crippen LogP contribution in [0.25, 0.3) is 0 Å². The van der Waals surface area contributed by atoms with E-state index in [2.05, 4.69) is 17.2 Å². The number of nitrogens with zero attached hydrogens (tertiary/aromatic N) is 2. The second-order valence-corrected chi connectivity index (χ2v) is 7.01. The Morgan fingerprint density at radius 2 is 2.35 bits per heavy atom. The van der Waals surface area contributed by atoms with Crippen molar-refractivity contribution in [3.8, 4) is 0 Å². The topological polar surface area (TPSA) is 75.4 Å². The van der Waals surface area contributed by atoms with E-state index in [9.17, 15) is 9.59 Å². The number of hydrogen-bond acceptors (Lipinski definition) is 5. The molecule has 0 spiro atoms. The van der Waals surface area contributed by atoms with Gasteiger partial charge < -0.3 is 14.6 Å². The number of fused-ring (bicyclic) bond motifs is 1. The van der Waals surface area contributed by atoms with Crippen molar-refractivity contribution in [2.24, 2.45) is 5.92 Å². The van der Waals surface area contributed by atoms with Crippen LogP contribution >= 0.6 is 11.3 Å². The van der Waals surface area contributed by atoms with E-state index in [-0.39, 0.29) is 24.1 Å². The van der Waals surface area contributed by atoms with Crippen LogP contribution in [-0.2, 0) is 17.6 Å². The standard InChI is InChI=1S/C16H19N3O3S/c1-10-5-6-11-13(8-10)23-16(17-11)18-14(20)9-19(2)15(21)12-4-3-7-22-12/h3-4,7,10H,5-6,8-9H2,1-2H3,(H,17,18,20)/t10-/m0/s1. The molecule has 0 fully saturated rings. The van der Waals surface area contributed by atoms with Gasteiger partial charge in [-0.2, -0.15) is 0 Å². The van der Waals surface area contributed by atoms with Gasteiger partial charge in [-0.1, -0.05) is 6.92 Å². The van der Waals surface area contributed by atoms with E-state index in [1.165, 1.54) is 27.4 Å². The zero-order valence-corrected chi connectivity index (χ0v) is 14.0. The van der Waals surface area contributed by atoms with Crippen molar-refractivity contribution in [2.75, 3.05) is 18.9 Å². The number of thiazole rings is 1. The molecule has 0 saturated heterocycles. The first-order valence-electron chi connectivity index (χ1n) is 7.60. The smallest absolute Gasteiger partial charge is 0.289 e. The lowest BCUT2D eigenvalue weighted by molar-refractivity contribution is -0.116. The molecule has 0 aromatic carbocycles. The van der Waals surface area contributed by atoms with Gasteiger partial charge in [0.2, 0.25) is 5.91 Å². The lowest BCUT2D eigenvalue weighted by Gasteiger charge is -2.15. The van der Waals surface area contributed by atoms with Crippen LogP contribution in [0.2, 0.25) is 0 Å². The molecule has 3 rings (SSSR count). The lowest BCUT2D eigenvalue weighted by atomic mass is 9.93. The number of amides is 2. The van der Waals surface area contributed by atoms with Gasteiger partial charge in [0.1, 0.15) is 6.54 Å². The molecule has 7 heteroatoms. The molecule has 2 aromatic rings. The fourth-order valence-corrected chi connectivity index (χ4v) is 3.82. The third-order valence-electron chi connectivity index (χ3n) is 3.89. The maximum Gasteiger partial charge on any atom is 0.289 e. The minimum absolute atomic E-state index is 0.0415. The van der Waals surface area contributed by atoms with E-state index in [0.29, 0.717) is 11.0 Å². The molecular formula is C16H19N3O3S. The summed E-state index contributed by atoms with van der Waals surface area (Å²) in [6.45, 7) is 2.19. The van der Waals surface area contributed by atoms with Gasteiger partial charge in [-0.15, -0.1) is 11.3 Å². The minimum Gasteiger partial charge on any atom is -0.459 e. The van der Waals surface area contributed by atoms with Crippen LogP contribution in [0.5, 0.6) is 0 Å². The molecule has 0 aliphatic heterocycles. The number of furan rings is 1. The summed E-state index contributed by atoms with van der Waals surface area (Å²) in [5.74, 6) is 0.312. The molecule has 1 aliphatic carbocycles. The van der Waals surface area contributed by atoms with Crippen molar-refractivity contribution in [1.82, 2.24) is 9.88 Å². The van der Waals surface area contributed by atoms with Crippen LogP contribution < -0.4 is 5.32 Å². The Kier molecular flexibility index (Phi) is 4.47. The van der Waals surface area contributed by atoms with Crippen molar-refractivity contribution in [2.45, 2.75) is 26.2 Å². The van der Waals surface area contributed by atoms with Crippen molar-refractivity contribution in [3.63, 3.8) is 0 Å². The Morgan fingerprint density at radius 3 is 3.09 bits per heavy atom. The van der Waals surface area contributed by atoms with Gasteiger partial charge in [-0.05, 0) is 37.3 Å². The Balaban J connectivity index is 1.58. The monoisotopic (exact) mass is 333 g/mol. The van der Waals surface area contributed by atoms with E-state index in [1.807, 2.05) is 0 Å². The van der Waals surface area contributed by atoms with E-state index >= 15 is 0 Å². The number of carbonyl (C=O) groups is 2. The number of hydrogen-bond donors (Lipinski definition) is 1. The summed E-state index contributed by atoms with van der Waals surface area (Å²) in [6, 6.07) is 3.22. The number of rotatable bonds is 4. The molecule has 0 saturated carbocycles. The average Bonchev–Trinajstić information content (AvgIpc) is 3.14. The summed E-state index contributed by atoms with van der Waals surface area (Å²) >= 11 is 1.54. The van der Waals surface area contributed by atoms with Gasteiger partial charge >= 0.3 is 0 Å². The molecular weight excluding hydrogens is 314 g/mol. The number of carbonyl (C=O) groups excluding carboxylic acids is 2. The van der Waals surface area contributed by atoms with Crippen molar-refractivity contribution < 1.29 is 14.0 Å². The lowest BCUT2D eigenvalue weighted by Crippen LogP contribution is -2.34. The summed E-state index contributed by atoms with van der Waals surface area (Å²) in [7, 11) is 1.57. The van der Waals surface area contributed by atoms with Crippen LogP contribution in [0.3, 0.4) is 0 Å². The van der Waals surface area contributed by atoms with Gasteiger partial charge in [0, 0.05) is 11.9 Å². The number of aryl methyl sites for hydroxylation is 1. The van der Waals surface area contributed by atoms with E-state index in [0.717, 1.165) is 25.0 Å². The van der Waals surface area contributed by atoms with Gasteiger partial charge in [-0.3, -0.25) is 9.59 Å². The van der Waals surface area contributed by atoms with Crippen LogP contribution in [0.1, 0.15) is 34.5 Å². The Bertz CT molecular complexity index is 708. The van der Waals surface area contributed by atoms with Gasteiger partial charge in [0.25, 0.3) is 5.91 Å². The number of likely N-dealkylation sites (N-methyl/N-ethyl adjacent to an activating group) is 1. The second kappa shape index (κ2) is 6.54. The average molecular weight is 333 g/mol. The quantitative estimate of drug-likeness (QED) is 0.933. The molecule has 2 aromatic heterocycles. The van der Waals surface area contributed by atoms with Crippen LogP contribution in [0, 0.1) is 5.92 Å². The zero-order chi connectivity index (χ0) is 16.4. The predicted molar refractivity (Wildman–Crippen MR) is 87.6 cm³/mol. The van der Waals surface area contributed by atoms with Crippen LogP contribution in [0.15, 0.2) is 22.8 Å². The van der Waals surface area contributed by atoms with Crippen LogP contribution in [0.4, 0.5) is 5.13 Å². The first-order chi connectivity index (χ1) is 11.0. The fraction of sp³-hybridized carbons (Fsp3) is 0.438. The van der Waals surface area contributed by atoms with Crippen molar-refractivity contribution >= 4 is 28.3 Å². The molecule has 0 radical (unpaired) electrons. The van der Waals surface area contributed by atoms with E-state index < -0.39 is 0 Å². The number of aromatic nitrogens is 1. The highest BCUT2D eigenvalue weighted by molar-refractivity contribution is 7.15. The summed E-state index contributed by atoms with van der Waals surface area (Å²) in [6.07, 6.45) is 4.58. The first-order valence-corrected chi connectivity index (χ1v) is 8.42. The molecule has 122 valence electrons. The molecule has 2 heterocycles.